The Balaban J connectivity index is 1.22. The molecule has 48 heavy (non-hydrogen) atoms. The summed E-state index contributed by atoms with van der Waals surface area (Å²) < 4.78 is 6.51. The number of nitrogens with zero attached hydrogens (tertiary/aromatic N) is 1. The molecule has 9 rings (SSSR count). The molecule has 0 N–H and O–H groups in total. The summed E-state index contributed by atoms with van der Waals surface area (Å²) >= 11 is 0. The zero-order valence-electron chi connectivity index (χ0n) is 26.3. The summed E-state index contributed by atoms with van der Waals surface area (Å²) in [6.45, 7) is 0. The summed E-state index contributed by atoms with van der Waals surface area (Å²) in [7, 11) is 0. The van der Waals surface area contributed by atoms with Crippen LogP contribution in [0.4, 0.5) is 17.1 Å². The lowest BCUT2D eigenvalue weighted by molar-refractivity contribution is 0.487. The Labute approximate surface area is 280 Å². The van der Waals surface area contributed by atoms with Gasteiger partial charge in [0.15, 0.2) is 0 Å². The van der Waals surface area contributed by atoms with Gasteiger partial charge in [0.2, 0.25) is 0 Å². The lowest BCUT2D eigenvalue weighted by Gasteiger charge is -2.29. The molecule has 2 heteroatoms. The maximum atomic E-state index is 6.51. The van der Waals surface area contributed by atoms with Crippen molar-refractivity contribution in [2.24, 2.45) is 0 Å². The molecule has 0 saturated heterocycles. The zero-order chi connectivity index (χ0) is 31.9. The number of benzene rings is 8. The standard InChI is InChI=1S/C46H31NO/c1-4-11-32(12-5-1)35-19-24-39(25-20-35)47(40-26-21-36(22-27-40)33-13-6-2-7-14-33)41-29-38-17-10-18-45-46(38)43(31-41)42-30-37(23-28-44(42)48-45)34-15-8-3-9-16-34/h1-31H. The number of hydrogen-bond acceptors (Lipinski definition) is 2. The van der Waals surface area contributed by atoms with Crippen molar-refractivity contribution in [3.8, 4) is 56.0 Å². The molecular formula is C46H31NO. The van der Waals surface area contributed by atoms with E-state index in [4.69, 9.17) is 4.74 Å². The maximum absolute atomic E-state index is 6.51. The summed E-state index contributed by atoms with van der Waals surface area (Å²) in [4.78, 5) is 2.36. The van der Waals surface area contributed by atoms with Gasteiger partial charge in [0.1, 0.15) is 11.5 Å². The second-order valence-electron chi connectivity index (χ2n) is 12.2. The smallest absolute Gasteiger partial charge is 0.135 e. The molecule has 0 unspecified atom stereocenters. The first-order valence-corrected chi connectivity index (χ1v) is 16.3. The molecule has 0 radical (unpaired) electrons. The van der Waals surface area contributed by atoms with E-state index in [1.807, 2.05) is 0 Å². The Morgan fingerprint density at radius 1 is 0.312 bits per heavy atom. The van der Waals surface area contributed by atoms with Crippen LogP contribution >= 0.6 is 0 Å². The van der Waals surface area contributed by atoms with Crippen LogP contribution in [-0.2, 0) is 0 Å². The van der Waals surface area contributed by atoms with Crippen molar-refractivity contribution in [3.05, 3.63) is 188 Å². The van der Waals surface area contributed by atoms with E-state index < -0.39 is 0 Å². The SMILES string of the molecule is c1ccc(-c2ccc(N(c3ccc(-c4ccccc4)cc3)c3cc4c5c(cccc5c3)Oc3ccc(-c5ccccc5)cc3-4)cc2)cc1. The van der Waals surface area contributed by atoms with Gasteiger partial charge in [-0.2, -0.15) is 0 Å². The average molecular weight is 614 g/mol. The van der Waals surface area contributed by atoms with Gasteiger partial charge in [-0.25, -0.2) is 0 Å². The monoisotopic (exact) mass is 613 g/mol. The van der Waals surface area contributed by atoms with Gasteiger partial charge in [-0.15, -0.1) is 0 Å². The predicted molar refractivity (Wildman–Crippen MR) is 200 cm³/mol. The van der Waals surface area contributed by atoms with Gasteiger partial charge in [-0.05, 0) is 98.9 Å². The van der Waals surface area contributed by atoms with Crippen molar-refractivity contribution < 1.29 is 4.74 Å². The summed E-state index contributed by atoms with van der Waals surface area (Å²) in [5, 5.41) is 2.28. The molecule has 0 saturated carbocycles. The van der Waals surface area contributed by atoms with Crippen molar-refractivity contribution in [1.29, 1.82) is 0 Å². The molecule has 0 fully saturated rings. The molecule has 0 aromatic heterocycles. The molecule has 0 amide bonds. The first kappa shape index (κ1) is 27.9. The Kier molecular flexibility index (Phi) is 6.84. The van der Waals surface area contributed by atoms with Crippen LogP contribution in [0.15, 0.2) is 188 Å². The van der Waals surface area contributed by atoms with Crippen LogP contribution in [0.5, 0.6) is 11.5 Å². The van der Waals surface area contributed by atoms with E-state index in [0.717, 1.165) is 44.9 Å². The fourth-order valence-corrected chi connectivity index (χ4v) is 6.88. The van der Waals surface area contributed by atoms with Crippen LogP contribution < -0.4 is 9.64 Å². The molecule has 8 aromatic rings. The summed E-state index contributed by atoms with van der Waals surface area (Å²) in [6, 6.07) is 66.9. The van der Waals surface area contributed by atoms with Crippen molar-refractivity contribution in [2.75, 3.05) is 4.90 Å². The molecule has 226 valence electrons. The topological polar surface area (TPSA) is 12.5 Å². The van der Waals surface area contributed by atoms with Gasteiger partial charge in [-0.3, -0.25) is 0 Å². The van der Waals surface area contributed by atoms with E-state index in [9.17, 15) is 0 Å². The van der Waals surface area contributed by atoms with Crippen LogP contribution in [0.25, 0.3) is 55.3 Å². The van der Waals surface area contributed by atoms with Crippen molar-refractivity contribution in [1.82, 2.24) is 0 Å². The fraction of sp³-hybridized carbons (Fsp3) is 0. The highest BCUT2D eigenvalue weighted by atomic mass is 16.5. The highest BCUT2D eigenvalue weighted by molar-refractivity contribution is 6.07. The third-order valence-electron chi connectivity index (χ3n) is 9.24. The maximum Gasteiger partial charge on any atom is 0.135 e. The average Bonchev–Trinajstić information content (AvgIpc) is 3.16. The lowest BCUT2D eigenvalue weighted by Crippen LogP contribution is -2.10. The minimum absolute atomic E-state index is 0.873. The number of rotatable bonds is 6. The van der Waals surface area contributed by atoms with Crippen LogP contribution in [-0.4, -0.2) is 0 Å². The molecule has 1 aliphatic rings. The largest absolute Gasteiger partial charge is 0.456 e. The molecule has 2 nitrogen and oxygen atoms in total. The Morgan fingerprint density at radius 2 is 0.812 bits per heavy atom. The molecule has 1 heterocycles. The van der Waals surface area contributed by atoms with E-state index in [2.05, 4.69) is 193 Å². The van der Waals surface area contributed by atoms with E-state index in [1.165, 1.54) is 38.9 Å². The molecule has 1 aliphatic heterocycles. The van der Waals surface area contributed by atoms with E-state index in [0.29, 0.717) is 0 Å². The summed E-state index contributed by atoms with van der Waals surface area (Å²) in [5.41, 5.74) is 12.7. The quantitative estimate of drug-likeness (QED) is 0.185. The summed E-state index contributed by atoms with van der Waals surface area (Å²) in [5.74, 6) is 1.76. The minimum Gasteiger partial charge on any atom is -0.456 e. The van der Waals surface area contributed by atoms with Crippen molar-refractivity contribution >= 4 is 27.8 Å². The van der Waals surface area contributed by atoms with Gasteiger partial charge >= 0.3 is 0 Å². The van der Waals surface area contributed by atoms with E-state index in [1.54, 1.807) is 0 Å². The predicted octanol–water partition coefficient (Wildman–Crippen LogP) is 13.1. The van der Waals surface area contributed by atoms with Crippen LogP contribution in [0.3, 0.4) is 0 Å². The number of anilines is 3. The van der Waals surface area contributed by atoms with Crippen LogP contribution in [0.1, 0.15) is 0 Å². The van der Waals surface area contributed by atoms with Gasteiger partial charge in [0.05, 0.1) is 0 Å². The molecule has 0 aliphatic carbocycles. The van der Waals surface area contributed by atoms with Gasteiger partial charge < -0.3 is 9.64 Å². The number of ether oxygens (including phenoxy) is 1. The minimum atomic E-state index is 0.873. The Morgan fingerprint density at radius 3 is 1.38 bits per heavy atom. The van der Waals surface area contributed by atoms with Gasteiger partial charge in [0, 0.05) is 28.0 Å². The highest BCUT2D eigenvalue weighted by Gasteiger charge is 2.24. The lowest BCUT2D eigenvalue weighted by atomic mass is 9.91. The van der Waals surface area contributed by atoms with Crippen LogP contribution in [0, 0.1) is 0 Å². The molecule has 0 bridgehead atoms. The third-order valence-corrected chi connectivity index (χ3v) is 9.24. The normalized spacial score (nSPS) is 11.5. The third kappa shape index (κ3) is 5.01. The summed E-state index contributed by atoms with van der Waals surface area (Å²) in [6.07, 6.45) is 0. The number of hydrogen-bond donors (Lipinski definition) is 0. The van der Waals surface area contributed by atoms with Crippen molar-refractivity contribution in [2.45, 2.75) is 0 Å². The second kappa shape index (κ2) is 11.8. The molecular weight excluding hydrogens is 583 g/mol. The van der Waals surface area contributed by atoms with Crippen LogP contribution in [0.2, 0.25) is 0 Å². The molecule has 0 atom stereocenters. The van der Waals surface area contributed by atoms with Gasteiger partial charge in [0.25, 0.3) is 0 Å². The molecule has 0 spiro atoms. The van der Waals surface area contributed by atoms with Gasteiger partial charge in [-0.1, -0.05) is 133 Å². The fourth-order valence-electron chi connectivity index (χ4n) is 6.88. The first-order chi connectivity index (χ1) is 23.8. The highest BCUT2D eigenvalue weighted by Crippen LogP contribution is 2.50. The second-order valence-corrected chi connectivity index (χ2v) is 12.2. The van der Waals surface area contributed by atoms with E-state index >= 15 is 0 Å². The zero-order valence-corrected chi connectivity index (χ0v) is 26.3. The Bertz CT molecular complexity index is 2300. The first-order valence-electron chi connectivity index (χ1n) is 16.3. The van der Waals surface area contributed by atoms with Crippen molar-refractivity contribution in [3.63, 3.8) is 0 Å². The Hall–Kier alpha value is -6.38. The number of fused-ring (bicyclic) bond motifs is 2. The van der Waals surface area contributed by atoms with E-state index in [-0.39, 0.29) is 0 Å². The molecule has 8 aromatic carbocycles.